The molecule has 2 aliphatic heterocycles. The Hall–Kier alpha value is -3.68. The van der Waals surface area contributed by atoms with Crippen molar-refractivity contribution in [2.75, 3.05) is 16.5 Å². The third-order valence-corrected chi connectivity index (χ3v) is 5.27. The number of benzene rings is 2. The van der Waals surface area contributed by atoms with Gasteiger partial charge >= 0.3 is 0 Å². The van der Waals surface area contributed by atoms with Gasteiger partial charge in [-0.1, -0.05) is 30.3 Å². The zero-order valence-electron chi connectivity index (χ0n) is 16.5. The minimum absolute atomic E-state index is 0.120. The molecular weight excluding hydrogens is 382 g/mol. The predicted octanol–water partition coefficient (Wildman–Crippen LogP) is 1.55. The van der Waals surface area contributed by atoms with Gasteiger partial charge in [-0.2, -0.15) is 5.10 Å². The number of anilines is 2. The van der Waals surface area contributed by atoms with Crippen LogP contribution >= 0.6 is 0 Å². The van der Waals surface area contributed by atoms with Crippen LogP contribution in [0.1, 0.15) is 24.8 Å². The van der Waals surface area contributed by atoms with Crippen LogP contribution in [-0.2, 0) is 20.9 Å². The van der Waals surface area contributed by atoms with Gasteiger partial charge in [0.2, 0.25) is 11.8 Å². The van der Waals surface area contributed by atoms with E-state index < -0.39 is 11.9 Å². The molecule has 0 aliphatic carbocycles. The highest BCUT2D eigenvalue weighted by Crippen LogP contribution is 2.25. The second-order valence-electron chi connectivity index (χ2n) is 7.35. The van der Waals surface area contributed by atoms with Crippen molar-refractivity contribution in [1.82, 2.24) is 5.32 Å². The Bertz CT molecular complexity index is 1000. The van der Waals surface area contributed by atoms with Gasteiger partial charge in [0.15, 0.2) is 0 Å². The average Bonchev–Trinajstić information content (AvgIpc) is 3.40. The number of carbonyl (C=O) groups is 3. The van der Waals surface area contributed by atoms with E-state index in [-0.39, 0.29) is 23.9 Å². The van der Waals surface area contributed by atoms with Gasteiger partial charge in [0.05, 0.1) is 5.69 Å². The maximum absolute atomic E-state index is 12.7. The van der Waals surface area contributed by atoms with E-state index >= 15 is 0 Å². The van der Waals surface area contributed by atoms with Crippen molar-refractivity contribution in [2.24, 2.45) is 10.8 Å². The molecule has 8 nitrogen and oxygen atoms in total. The fourth-order valence-electron chi connectivity index (χ4n) is 3.73. The largest absolute Gasteiger partial charge is 0.368 e. The van der Waals surface area contributed by atoms with Crippen LogP contribution in [0, 0.1) is 0 Å². The molecule has 8 heteroatoms. The molecule has 4 rings (SSSR count). The van der Waals surface area contributed by atoms with E-state index in [0.29, 0.717) is 18.7 Å². The summed E-state index contributed by atoms with van der Waals surface area (Å²) in [5.41, 5.74) is 8.20. The highest BCUT2D eigenvalue weighted by molar-refractivity contribution is 6.40. The van der Waals surface area contributed by atoms with Crippen molar-refractivity contribution in [1.29, 1.82) is 0 Å². The van der Waals surface area contributed by atoms with Gasteiger partial charge in [0.25, 0.3) is 5.91 Å². The monoisotopic (exact) mass is 405 g/mol. The molecule has 0 radical (unpaired) electrons. The number of amides is 3. The minimum Gasteiger partial charge on any atom is -0.368 e. The number of carbonyl (C=O) groups excluding carboxylic acids is 3. The Kier molecular flexibility index (Phi) is 5.47. The van der Waals surface area contributed by atoms with Gasteiger partial charge in [-0.3, -0.25) is 19.4 Å². The minimum atomic E-state index is -0.697. The van der Waals surface area contributed by atoms with Crippen molar-refractivity contribution in [2.45, 2.75) is 31.8 Å². The lowest BCUT2D eigenvalue weighted by Crippen LogP contribution is -2.39. The number of hydrogen-bond donors (Lipinski definition) is 2. The highest BCUT2D eigenvalue weighted by Gasteiger charge is 2.34. The molecule has 1 unspecified atom stereocenters. The first-order valence-corrected chi connectivity index (χ1v) is 9.91. The Labute approximate surface area is 174 Å². The summed E-state index contributed by atoms with van der Waals surface area (Å²) in [5, 5.41) is 8.69. The van der Waals surface area contributed by atoms with E-state index in [1.54, 1.807) is 4.90 Å². The normalized spacial score (nSPS) is 18.5. The summed E-state index contributed by atoms with van der Waals surface area (Å²) >= 11 is 0. The van der Waals surface area contributed by atoms with Crippen molar-refractivity contribution in [3.63, 3.8) is 0 Å². The molecule has 2 aromatic carbocycles. The van der Waals surface area contributed by atoms with Crippen LogP contribution in [0.25, 0.3) is 0 Å². The zero-order chi connectivity index (χ0) is 21.1. The number of nitrogens with two attached hydrogens (primary N) is 1. The first-order chi connectivity index (χ1) is 14.5. The fraction of sp³-hybridized carbons (Fsp3) is 0.273. The molecular formula is C22H23N5O3. The molecule has 30 heavy (non-hydrogen) atoms. The van der Waals surface area contributed by atoms with E-state index in [0.717, 1.165) is 24.2 Å². The number of nitrogens with zero attached hydrogens (tertiary/aromatic N) is 3. The maximum Gasteiger partial charge on any atom is 0.267 e. The molecule has 1 atom stereocenters. The van der Waals surface area contributed by atoms with Gasteiger partial charge in [0.1, 0.15) is 11.8 Å². The van der Waals surface area contributed by atoms with Gasteiger partial charge in [-0.15, -0.1) is 0 Å². The number of nitrogens with one attached hydrogen (secondary N) is 1. The first-order valence-electron chi connectivity index (χ1n) is 9.91. The maximum atomic E-state index is 12.7. The molecule has 1 fully saturated rings. The summed E-state index contributed by atoms with van der Waals surface area (Å²) in [6.07, 6.45) is 1.58. The topological polar surface area (TPSA) is 108 Å². The Morgan fingerprint density at radius 1 is 1.10 bits per heavy atom. The van der Waals surface area contributed by atoms with E-state index in [4.69, 9.17) is 5.73 Å². The lowest BCUT2D eigenvalue weighted by Gasteiger charge is -2.20. The highest BCUT2D eigenvalue weighted by atomic mass is 16.2. The summed E-state index contributed by atoms with van der Waals surface area (Å²) in [4.78, 5) is 38.3. The number of hydrazone groups is 1. The van der Waals surface area contributed by atoms with Crippen LogP contribution < -0.4 is 21.0 Å². The van der Waals surface area contributed by atoms with Gasteiger partial charge in [0, 0.05) is 31.6 Å². The molecule has 2 aromatic rings. The van der Waals surface area contributed by atoms with Crippen LogP contribution in [0.3, 0.4) is 0 Å². The molecule has 0 saturated carbocycles. The standard InChI is InChI=1S/C22H23N5O3/c23-21(29)19-13-18(25-27(19)16-7-2-1-3-8-16)22(30)24-14-15-6-4-9-17(12-15)26-11-5-10-20(26)28/h1-4,6-9,12,19H,5,10-11,13-14H2,(H2,23,29)(H,24,30). The second kappa shape index (κ2) is 8.36. The Balaban J connectivity index is 1.44. The Morgan fingerprint density at radius 3 is 2.57 bits per heavy atom. The smallest absolute Gasteiger partial charge is 0.267 e. The van der Waals surface area contributed by atoms with E-state index in [2.05, 4.69) is 10.4 Å². The lowest BCUT2D eigenvalue weighted by molar-refractivity contribution is -0.119. The zero-order valence-corrected chi connectivity index (χ0v) is 16.5. The molecule has 0 bridgehead atoms. The van der Waals surface area contributed by atoms with Crippen molar-refractivity contribution in [3.05, 3.63) is 60.2 Å². The predicted molar refractivity (Wildman–Crippen MR) is 114 cm³/mol. The molecule has 3 amide bonds. The molecule has 0 spiro atoms. The van der Waals surface area contributed by atoms with Crippen LogP contribution in [0.5, 0.6) is 0 Å². The van der Waals surface area contributed by atoms with E-state index in [1.165, 1.54) is 5.01 Å². The van der Waals surface area contributed by atoms with Crippen molar-refractivity contribution < 1.29 is 14.4 Å². The third kappa shape index (κ3) is 4.03. The van der Waals surface area contributed by atoms with Gasteiger partial charge < -0.3 is 16.0 Å². The summed E-state index contributed by atoms with van der Waals surface area (Å²) in [6.45, 7) is 1.01. The van der Waals surface area contributed by atoms with E-state index in [9.17, 15) is 14.4 Å². The summed E-state index contributed by atoms with van der Waals surface area (Å²) in [6, 6.07) is 16.0. The van der Waals surface area contributed by atoms with Crippen LogP contribution in [-0.4, -0.2) is 36.0 Å². The van der Waals surface area contributed by atoms with Crippen molar-refractivity contribution >= 4 is 34.8 Å². The number of primary amides is 1. The summed E-state index contributed by atoms with van der Waals surface area (Å²) in [7, 11) is 0. The lowest BCUT2D eigenvalue weighted by atomic mass is 10.1. The molecule has 2 heterocycles. The summed E-state index contributed by atoms with van der Waals surface area (Å²) < 4.78 is 0. The molecule has 0 aromatic heterocycles. The number of para-hydroxylation sites is 1. The van der Waals surface area contributed by atoms with Crippen LogP contribution in [0.4, 0.5) is 11.4 Å². The van der Waals surface area contributed by atoms with Gasteiger partial charge in [-0.05, 0) is 36.2 Å². The van der Waals surface area contributed by atoms with Crippen molar-refractivity contribution in [3.8, 4) is 0 Å². The molecule has 2 aliphatic rings. The first kappa shape index (κ1) is 19.6. The van der Waals surface area contributed by atoms with Crippen LogP contribution in [0.15, 0.2) is 59.7 Å². The quantitative estimate of drug-likeness (QED) is 0.760. The number of hydrogen-bond acceptors (Lipinski definition) is 5. The molecule has 154 valence electrons. The molecule has 1 saturated heterocycles. The van der Waals surface area contributed by atoms with Crippen LogP contribution in [0.2, 0.25) is 0 Å². The Morgan fingerprint density at radius 2 is 1.87 bits per heavy atom. The second-order valence-corrected chi connectivity index (χ2v) is 7.35. The average molecular weight is 405 g/mol. The van der Waals surface area contributed by atoms with E-state index in [1.807, 2.05) is 54.6 Å². The SMILES string of the molecule is NC(=O)C1CC(C(=O)NCc2cccc(N3CCCC3=O)c2)=NN1c1ccccc1. The van der Waals surface area contributed by atoms with Gasteiger partial charge in [-0.25, -0.2) is 0 Å². The number of rotatable bonds is 6. The third-order valence-electron chi connectivity index (χ3n) is 5.27. The summed E-state index contributed by atoms with van der Waals surface area (Å²) in [5.74, 6) is -0.759. The molecule has 3 N–H and O–H groups in total. The fourth-order valence-corrected chi connectivity index (χ4v) is 3.73.